The summed E-state index contributed by atoms with van der Waals surface area (Å²) in [5.41, 5.74) is 5.52. The molecule has 1 atom stereocenters. The highest BCUT2D eigenvalue weighted by Gasteiger charge is 2.29. The lowest BCUT2D eigenvalue weighted by atomic mass is 10.0. The molecule has 0 bridgehead atoms. The van der Waals surface area contributed by atoms with Crippen LogP contribution in [0.5, 0.6) is 0 Å². The number of nitrogens with one attached hydrogen (secondary N) is 1. The molecule has 2 aromatic heterocycles. The maximum absolute atomic E-state index is 6.48. The van der Waals surface area contributed by atoms with Gasteiger partial charge in [-0.3, -0.25) is 0 Å². The SMILES string of the molecule is Clc1ccccc1C1NCc2c(sc3c2CCC3)-n2cccc21. The predicted octanol–water partition coefficient (Wildman–Crippen LogP) is 4.87. The van der Waals surface area contributed by atoms with Crippen molar-refractivity contribution in [3.05, 3.63) is 74.9 Å². The first kappa shape index (κ1) is 13.8. The largest absolute Gasteiger partial charge is 0.310 e. The zero-order valence-corrected chi connectivity index (χ0v) is 14.3. The molecule has 4 heteroatoms. The van der Waals surface area contributed by atoms with E-state index in [0.29, 0.717) is 0 Å². The summed E-state index contributed by atoms with van der Waals surface area (Å²) in [5, 5.41) is 5.98. The average molecular weight is 341 g/mol. The second-order valence-electron chi connectivity index (χ2n) is 6.28. The van der Waals surface area contributed by atoms with Gasteiger partial charge in [0.2, 0.25) is 0 Å². The first-order valence-corrected chi connectivity index (χ1v) is 9.31. The normalized spacial score (nSPS) is 19.1. The maximum atomic E-state index is 6.48. The molecule has 3 heterocycles. The molecule has 0 fully saturated rings. The van der Waals surface area contributed by atoms with Crippen LogP contribution in [-0.4, -0.2) is 4.57 Å². The van der Waals surface area contributed by atoms with E-state index in [1.54, 1.807) is 10.4 Å². The summed E-state index contributed by atoms with van der Waals surface area (Å²) in [6.45, 7) is 0.915. The molecule has 23 heavy (non-hydrogen) atoms. The Balaban J connectivity index is 1.68. The van der Waals surface area contributed by atoms with E-state index in [1.165, 1.54) is 35.5 Å². The number of nitrogens with zero attached hydrogens (tertiary/aromatic N) is 1. The van der Waals surface area contributed by atoms with Crippen LogP contribution in [0.25, 0.3) is 5.00 Å². The van der Waals surface area contributed by atoms with E-state index in [-0.39, 0.29) is 6.04 Å². The highest BCUT2D eigenvalue weighted by Crippen LogP contribution is 2.42. The van der Waals surface area contributed by atoms with Crippen LogP contribution >= 0.6 is 22.9 Å². The molecule has 3 aromatic rings. The smallest absolute Gasteiger partial charge is 0.104 e. The van der Waals surface area contributed by atoms with Gasteiger partial charge < -0.3 is 9.88 Å². The maximum Gasteiger partial charge on any atom is 0.104 e. The van der Waals surface area contributed by atoms with Gasteiger partial charge >= 0.3 is 0 Å². The molecule has 1 unspecified atom stereocenters. The summed E-state index contributed by atoms with van der Waals surface area (Å²) in [5.74, 6) is 0. The van der Waals surface area contributed by atoms with Gasteiger partial charge in [-0.2, -0.15) is 0 Å². The van der Waals surface area contributed by atoms with Gasteiger partial charge in [-0.25, -0.2) is 0 Å². The van der Waals surface area contributed by atoms with Crippen molar-refractivity contribution in [2.75, 3.05) is 0 Å². The Morgan fingerprint density at radius 3 is 2.91 bits per heavy atom. The lowest BCUT2D eigenvalue weighted by Crippen LogP contribution is -2.21. The molecule has 1 aliphatic heterocycles. The second kappa shape index (κ2) is 5.23. The van der Waals surface area contributed by atoms with E-state index in [1.807, 2.05) is 23.5 Å². The minimum Gasteiger partial charge on any atom is -0.310 e. The predicted molar refractivity (Wildman–Crippen MR) is 95.8 cm³/mol. The summed E-state index contributed by atoms with van der Waals surface area (Å²) in [6, 6.07) is 12.6. The Morgan fingerprint density at radius 1 is 1.09 bits per heavy atom. The third-order valence-corrected chi connectivity index (χ3v) is 6.68. The lowest BCUT2D eigenvalue weighted by Gasteiger charge is -2.19. The van der Waals surface area contributed by atoms with E-state index in [2.05, 4.69) is 40.3 Å². The lowest BCUT2D eigenvalue weighted by molar-refractivity contribution is 0.599. The molecule has 1 aromatic carbocycles. The van der Waals surface area contributed by atoms with Crippen LogP contribution < -0.4 is 5.32 Å². The first-order chi connectivity index (χ1) is 11.3. The van der Waals surface area contributed by atoms with Crippen molar-refractivity contribution < 1.29 is 0 Å². The molecule has 2 nitrogen and oxygen atoms in total. The summed E-state index contributed by atoms with van der Waals surface area (Å²) in [6.07, 6.45) is 5.98. The molecule has 0 radical (unpaired) electrons. The van der Waals surface area contributed by atoms with Gasteiger partial charge in [0.05, 0.1) is 6.04 Å². The number of hydrogen-bond acceptors (Lipinski definition) is 2. The molecular weight excluding hydrogens is 324 g/mol. The van der Waals surface area contributed by atoms with Gasteiger partial charge in [-0.1, -0.05) is 29.8 Å². The van der Waals surface area contributed by atoms with Crippen LogP contribution in [0, 0.1) is 0 Å². The summed E-state index contributed by atoms with van der Waals surface area (Å²) >= 11 is 8.45. The van der Waals surface area contributed by atoms with Crippen LogP contribution in [-0.2, 0) is 19.4 Å². The quantitative estimate of drug-likeness (QED) is 0.668. The third-order valence-electron chi connectivity index (χ3n) is 5.00. The number of aryl methyl sites for hydroxylation is 1. The zero-order valence-electron chi connectivity index (χ0n) is 12.7. The Hall–Kier alpha value is -1.55. The van der Waals surface area contributed by atoms with Gasteiger partial charge in [0.1, 0.15) is 5.00 Å². The Bertz CT molecular complexity index is 893. The monoisotopic (exact) mass is 340 g/mol. The van der Waals surface area contributed by atoms with Gasteiger partial charge in [-0.15, -0.1) is 11.3 Å². The Kier molecular flexibility index (Phi) is 3.15. The van der Waals surface area contributed by atoms with Crippen molar-refractivity contribution in [1.29, 1.82) is 0 Å². The number of benzene rings is 1. The van der Waals surface area contributed by atoms with E-state index in [0.717, 1.165) is 17.1 Å². The van der Waals surface area contributed by atoms with Crippen molar-refractivity contribution in [3.63, 3.8) is 0 Å². The minimum absolute atomic E-state index is 0.135. The average Bonchev–Trinajstić information content (AvgIpc) is 3.24. The second-order valence-corrected chi connectivity index (χ2v) is 7.77. The van der Waals surface area contributed by atoms with Crippen LogP contribution in [0.15, 0.2) is 42.6 Å². The van der Waals surface area contributed by atoms with Gasteiger partial charge in [0, 0.05) is 33.9 Å². The molecule has 0 amide bonds. The number of rotatable bonds is 1. The number of aromatic nitrogens is 1. The molecule has 116 valence electrons. The highest BCUT2D eigenvalue weighted by atomic mass is 35.5. The fourth-order valence-corrected chi connectivity index (χ4v) is 5.59. The number of hydrogen-bond donors (Lipinski definition) is 1. The minimum atomic E-state index is 0.135. The molecule has 5 rings (SSSR count). The van der Waals surface area contributed by atoms with E-state index >= 15 is 0 Å². The van der Waals surface area contributed by atoms with Crippen molar-refractivity contribution in [2.45, 2.75) is 31.8 Å². The van der Waals surface area contributed by atoms with Gasteiger partial charge in [0.25, 0.3) is 0 Å². The fourth-order valence-electron chi connectivity index (χ4n) is 3.93. The molecule has 0 spiro atoms. The number of halogens is 1. The van der Waals surface area contributed by atoms with E-state index in [9.17, 15) is 0 Å². The van der Waals surface area contributed by atoms with Gasteiger partial charge in [0.15, 0.2) is 0 Å². The number of fused-ring (bicyclic) bond motifs is 5. The summed E-state index contributed by atoms with van der Waals surface area (Å²) < 4.78 is 2.37. The van der Waals surface area contributed by atoms with Crippen LogP contribution in [0.1, 0.15) is 39.7 Å². The first-order valence-electron chi connectivity index (χ1n) is 8.12. The van der Waals surface area contributed by atoms with Crippen molar-refractivity contribution in [3.8, 4) is 5.00 Å². The van der Waals surface area contributed by atoms with Crippen molar-refractivity contribution in [1.82, 2.24) is 9.88 Å². The molecule has 1 aliphatic carbocycles. The third kappa shape index (κ3) is 2.04. The summed E-state index contributed by atoms with van der Waals surface area (Å²) in [4.78, 5) is 1.59. The van der Waals surface area contributed by atoms with Crippen molar-refractivity contribution >= 4 is 22.9 Å². The van der Waals surface area contributed by atoms with Crippen LogP contribution in [0.4, 0.5) is 0 Å². The topological polar surface area (TPSA) is 17.0 Å². The van der Waals surface area contributed by atoms with Crippen LogP contribution in [0.2, 0.25) is 5.02 Å². The van der Waals surface area contributed by atoms with Crippen LogP contribution in [0.3, 0.4) is 0 Å². The molecular formula is C19H17ClN2S. The standard InChI is InChI=1S/C19H17ClN2S/c20-15-7-2-1-5-13(15)18-16-8-4-10-22(16)19-14(11-21-18)12-6-3-9-17(12)23-19/h1-2,4-5,7-8,10,18,21H,3,6,9,11H2. The molecule has 0 saturated carbocycles. The van der Waals surface area contributed by atoms with Gasteiger partial charge in [-0.05, 0) is 48.6 Å². The zero-order chi connectivity index (χ0) is 15.4. The Morgan fingerprint density at radius 2 is 2.00 bits per heavy atom. The fraction of sp³-hybridized carbons (Fsp3) is 0.263. The van der Waals surface area contributed by atoms with Crippen molar-refractivity contribution in [2.24, 2.45) is 0 Å². The van der Waals surface area contributed by atoms with E-state index in [4.69, 9.17) is 11.6 Å². The molecule has 1 N–H and O–H groups in total. The Labute approximate surface area is 144 Å². The van der Waals surface area contributed by atoms with E-state index < -0.39 is 0 Å². The molecule has 0 saturated heterocycles. The summed E-state index contributed by atoms with van der Waals surface area (Å²) in [7, 11) is 0. The molecule has 2 aliphatic rings. The highest BCUT2D eigenvalue weighted by molar-refractivity contribution is 7.15. The number of thiophene rings is 1.